The first-order chi connectivity index (χ1) is 18.0. The zero-order chi connectivity index (χ0) is 27.6. The van der Waals surface area contributed by atoms with E-state index in [2.05, 4.69) is 91.7 Å². The molecule has 0 spiro atoms. The largest absolute Gasteiger partial charge is 0.329 e. The molecule has 2 aromatic rings. The molecule has 0 aromatic carbocycles. The minimum atomic E-state index is -4.02. The van der Waals surface area contributed by atoms with Crippen molar-refractivity contribution >= 4 is 27.5 Å². The number of aryl methyl sites for hydroxylation is 1. The lowest BCUT2D eigenvalue weighted by atomic mass is 9.82. The molecule has 0 saturated heterocycles. The molecule has 1 N–H and O–H groups in total. The Morgan fingerprint density at radius 3 is 2.53 bits per heavy atom. The first-order valence-electron chi connectivity index (χ1n) is 13.7. The van der Waals surface area contributed by atoms with Crippen LogP contribution in [-0.2, 0) is 27.5 Å². The summed E-state index contributed by atoms with van der Waals surface area (Å²) in [5, 5.41) is 0. The summed E-state index contributed by atoms with van der Waals surface area (Å²) in [5.41, 5.74) is 3.89. The lowest BCUT2D eigenvalue weighted by molar-refractivity contribution is -0.684. The van der Waals surface area contributed by atoms with Crippen molar-refractivity contribution in [2.45, 2.75) is 84.1 Å². The number of rotatable bonds is 11. The minimum Gasteiger partial charge on any atom is -0.329 e. The molecule has 38 heavy (non-hydrogen) atoms. The van der Waals surface area contributed by atoms with E-state index in [4.69, 9.17) is 4.99 Å². The lowest BCUT2D eigenvalue weighted by Crippen LogP contribution is -2.34. The molecule has 0 aliphatic carbocycles. The smallest absolute Gasteiger partial charge is 0.327 e. The summed E-state index contributed by atoms with van der Waals surface area (Å²) in [6.07, 6.45) is 15.3. The molecule has 0 amide bonds. The fraction of sp³-hybridized carbons (Fsp3) is 0.500. The van der Waals surface area contributed by atoms with Crippen molar-refractivity contribution in [1.29, 1.82) is 0 Å². The normalized spacial score (nSPS) is 18.7. The molecule has 204 valence electrons. The topological polar surface area (TPSA) is 86.7 Å². The third-order valence-corrected chi connectivity index (χ3v) is 8.58. The van der Waals surface area contributed by atoms with E-state index in [0.29, 0.717) is 13.0 Å². The van der Waals surface area contributed by atoms with E-state index in [0.717, 1.165) is 41.6 Å². The van der Waals surface area contributed by atoms with Gasteiger partial charge in [-0.05, 0) is 68.5 Å². The van der Waals surface area contributed by atoms with Gasteiger partial charge in [0.2, 0.25) is 0 Å². The average molecular weight is 538 g/mol. The van der Waals surface area contributed by atoms with Crippen LogP contribution in [0.1, 0.15) is 77.8 Å². The first-order valence-corrected chi connectivity index (χ1v) is 15.3. The quantitative estimate of drug-likeness (QED) is 0.221. The molecule has 2 aliphatic heterocycles. The SMILES string of the molecule is CCCCCC[n+]1cccc2c1N=C(/C=C/C=C1/N(CCCS(=O)(=O)O)c3ncccc3C1(C)C)C2(C)C. The number of hydrogen-bond donors (Lipinski definition) is 1. The number of hydrogen-bond acceptors (Lipinski definition) is 5. The van der Waals surface area contributed by atoms with Crippen molar-refractivity contribution in [1.82, 2.24) is 4.98 Å². The zero-order valence-corrected chi connectivity index (χ0v) is 24.1. The Kier molecular flexibility index (Phi) is 8.23. The van der Waals surface area contributed by atoms with Gasteiger partial charge in [-0.15, -0.1) is 0 Å². The van der Waals surface area contributed by atoms with E-state index in [-0.39, 0.29) is 16.6 Å². The van der Waals surface area contributed by atoms with Gasteiger partial charge in [-0.3, -0.25) is 4.55 Å². The van der Waals surface area contributed by atoms with Gasteiger partial charge in [0.25, 0.3) is 10.1 Å². The summed E-state index contributed by atoms with van der Waals surface area (Å²) in [4.78, 5) is 11.8. The molecule has 0 fully saturated rings. The molecule has 4 heterocycles. The summed E-state index contributed by atoms with van der Waals surface area (Å²) in [7, 11) is -4.02. The van der Waals surface area contributed by atoms with E-state index in [1.165, 1.54) is 24.8 Å². The molecule has 8 heteroatoms. The van der Waals surface area contributed by atoms with E-state index >= 15 is 0 Å². The third-order valence-electron chi connectivity index (χ3n) is 7.77. The third kappa shape index (κ3) is 5.76. The number of aromatic nitrogens is 2. The van der Waals surface area contributed by atoms with E-state index in [1.807, 2.05) is 6.07 Å². The van der Waals surface area contributed by atoms with Crippen LogP contribution >= 0.6 is 0 Å². The molecule has 0 radical (unpaired) electrons. The van der Waals surface area contributed by atoms with Crippen LogP contribution in [0.15, 0.2) is 65.6 Å². The minimum absolute atomic E-state index is 0.207. The number of allylic oxidation sites excluding steroid dienone is 4. The molecule has 0 unspecified atom stereocenters. The van der Waals surface area contributed by atoms with Crippen LogP contribution in [0.25, 0.3) is 0 Å². The van der Waals surface area contributed by atoms with Gasteiger partial charge in [0.15, 0.2) is 5.71 Å². The van der Waals surface area contributed by atoms with Crippen LogP contribution < -0.4 is 9.47 Å². The molecule has 0 bridgehead atoms. The van der Waals surface area contributed by atoms with Crippen molar-refractivity contribution in [3.63, 3.8) is 0 Å². The van der Waals surface area contributed by atoms with E-state index in [1.54, 1.807) is 6.20 Å². The molecular formula is C30H41N4O3S+. The molecule has 7 nitrogen and oxygen atoms in total. The van der Waals surface area contributed by atoms with Crippen LogP contribution in [0.4, 0.5) is 11.6 Å². The van der Waals surface area contributed by atoms with Gasteiger partial charge in [0.1, 0.15) is 5.82 Å². The zero-order valence-electron chi connectivity index (χ0n) is 23.3. The Labute approximate surface area is 227 Å². The van der Waals surface area contributed by atoms with Crippen molar-refractivity contribution in [3.8, 4) is 0 Å². The summed E-state index contributed by atoms with van der Waals surface area (Å²) in [6.45, 7) is 12.4. The Morgan fingerprint density at radius 1 is 1.03 bits per heavy atom. The number of nitrogens with zero attached hydrogens (tertiary/aromatic N) is 4. The Hall–Kier alpha value is -2.84. The highest BCUT2D eigenvalue weighted by Gasteiger charge is 2.43. The second kappa shape index (κ2) is 11.1. The molecule has 0 saturated carbocycles. The summed E-state index contributed by atoms with van der Waals surface area (Å²) < 4.78 is 34.2. The highest BCUT2D eigenvalue weighted by Crippen LogP contribution is 2.46. The van der Waals surface area contributed by atoms with E-state index in [9.17, 15) is 13.0 Å². The monoisotopic (exact) mass is 537 g/mol. The summed E-state index contributed by atoms with van der Waals surface area (Å²) in [5.74, 6) is 1.60. The van der Waals surface area contributed by atoms with Crippen molar-refractivity contribution in [2.75, 3.05) is 17.2 Å². The maximum absolute atomic E-state index is 11.3. The standard InChI is InChI=1S/C30H40N4O3S/c1-6-7-8-9-19-33-20-12-15-24-28(33)32-25(29(24,2)3)16-10-17-26-30(4,5)23-14-11-18-31-27(23)34(26)21-13-22-38(35,36)37/h10-12,14-18,20H,6-9,13,19,21-22H2,1-5H3/p+1. The second-order valence-electron chi connectivity index (χ2n) is 11.3. The molecular weight excluding hydrogens is 496 g/mol. The summed E-state index contributed by atoms with van der Waals surface area (Å²) >= 11 is 0. The van der Waals surface area contributed by atoms with Gasteiger partial charge in [-0.1, -0.05) is 45.8 Å². The van der Waals surface area contributed by atoms with Crippen LogP contribution in [0, 0.1) is 0 Å². The number of aliphatic imine (C=N–C) groups is 1. The van der Waals surface area contributed by atoms with Crippen LogP contribution in [0.3, 0.4) is 0 Å². The maximum atomic E-state index is 11.3. The van der Waals surface area contributed by atoms with Crippen molar-refractivity contribution < 1.29 is 17.5 Å². The fourth-order valence-corrected chi connectivity index (χ4v) is 6.03. The van der Waals surface area contributed by atoms with Gasteiger partial charge in [-0.25, -0.2) is 9.55 Å². The molecule has 0 atom stereocenters. The predicted octanol–water partition coefficient (Wildman–Crippen LogP) is 5.83. The van der Waals surface area contributed by atoms with Gasteiger partial charge in [0, 0.05) is 29.4 Å². The Balaban J connectivity index is 1.61. The fourth-order valence-electron chi connectivity index (χ4n) is 5.53. The maximum Gasteiger partial charge on any atom is 0.327 e. The van der Waals surface area contributed by atoms with Crippen LogP contribution in [0.5, 0.6) is 0 Å². The van der Waals surface area contributed by atoms with Crippen LogP contribution in [0.2, 0.25) is 0 Å². The second-order valence-corrected chi connectivity index (χ2v) is 12.9. The van der Waals surface area contributed by atoms with Gasteiger partial charge in [0.05, 0.1) is 29.5 Å². The Bertz CT molecular complexity index is 1370. The summed E-state index contributed by atoms with van der Waals surface area (Å²) in [6, 6.07) is 8.31. The van der Waals surface area contributed by atoms with E-state index < -0.39 is 10.1 Å². The lowest BCUT2D eigenvalue weighted by Gasteiger charge is -2.26. The van der Waals surface area contributed by atoms with Crippen LogP contribution in [-0.4, -0.2) is 36.0 Å². The predicted molar refractivity (Wildman–Crippen MR) is 154 cm³/mol. The van der Waals surface area contributed by atoms with Gasteiger partial charge < -0.3 is 4.90 Å². The average Bonchev–Trinajstić information content (AvgIpc) is 3.24. The molecule has 2 aromatic heterocycles. The van der Waals surface area contributed by atoms with Crippen molar-refractivity contribution in [3.05, 3.63) is 71.7 Å². The van der Waals surface area contributed by atoms with Gasteiger partial charge >= 0.3 is 5.82 Å². The van der Waals surface area contributed by atoms with Crippen molar-refractivity contribution in [2.24, 2.45) is 4.99 Å². The number of pyridine rings is 2. The molecule has 4 rings (SSSR count). The highest BCUT2D eigenvalue weighted by molar-refractivity contribution is 7.85. The highest BCUT2D eigenvalue weighted by atomic mass is 32.2. The van der Waals surface area contributed by atoms with Gasteiger partial charge in [-0.2, -0.15) is 8.42 Å². The number of fused-ring (bicyclic) bond motifs is 2. The number of anilines is 1. The first kappa shape index (κ1) is 28.2. The Morgan fingerprint density at radius 2 is 1.79 bits per heavy atom. The molecule has 2 aliphatic rings. The number of unbranched alkanes of at least 4 members (excludes halogenated alkanes) is 3.